The molecule has 1 atom stereocenters. The number of nitrogens with zero attached hydrogens (tertiary/aromatic N) is 2. The molecule has 2 aromatic rings. The Hall–Kier alpha value is -2.58. The van der Waals surface area contributed by atoms with Gasteiger partial charge in [0.25, 0.3) is 0 Å². The molecule has 0 spiro atoms. The molecule has 0 heterocycles. The number of carbonyl (C=O) groups is 2. The van der Waals surface area contributed by atoms with Crippen LogP contribution in [0.5, 0.6) is 0 Å². The van der Waals surface area contributed by atoms with E-state index in [1.807, 2.05) is 45.0 Å². The maximum Gasteiger partial charge on any atom is 0.244 e. The van der Waals surface area contributed by atoms with E-state index in [9.17, 15) is 18.0 Å². The van der Waals surface area contributed by atoms with E-state index in [-0.39, 0.29) is 18.5 Å². The van der Waals surface area contributed by atoms with Crippen molar-refractivity contribution in [2.75, 3.05) is 17.1 Å². The summed E-state index contributed by atoms with van der Waals surface area (Å²) in [5.41, 5.74) is 3.02. The molecule has 1 unspecified atom stereocenters. The third-order valence-electron chi connectivity index (χ3n) is 6.90. The predicted molar refractivity (Wildman–Crippen MR) is 149 cm³/mol. The average Bonchev–Trinajstić information content (AvgIpc) is 2.84. The van der Waals surface area contributed by atoms with Crippen LogP contribution in [-0.4, -0.2) is 50.0 Å². The van der Waals surface area contributed by atoms with E-state index in [0.717, 1.165) is 52.9 Å². The molecule has 0 aromatic heterocycles. The molecule has 37 heavy (non-hydrogen) atoms. The van der Waals surface area contributed by atoms with Crippen molar-refractivity contribution in [3.8, 4) is 0 Å². The van der Waals surface area contributed by atoms with Crippen LogP contribution in [0.4, 0.5) is 5.69 Å². The number of benzene rings is 2. The molecular weight excluding hydrogens is 510 g/mol. The van der Waals surface area contributed by atoms with E-state index < -0.39 is 28.5 Å². The first-order chi connectivity index (χ1) is 17.5. The Kier molecular flexibility index (Phi) is 10.0. The molecule has 2 aromatic carbocycles. The highest BCUT2D eigenvalue weighted by Crippen LogP contribution is 2.26. The van der Waals surface area contributed by atoms with Gasteiger partial charge in [-0.05, 0) is 56.4 Å². The van der Waals surface area contributed by atoms with E-state index >= 15 is 0 Å². The minimum atomic E-state index is -3.80. The quantitative estimate of drug-likeness (QED) is 0.454. The van der Waals surface area contributed by atoms with Gasteiger partial charge in [0.1, 0.15) is 12.6 Å². The van der Waals surface area contributed by atoms with Crippen LogP contribution >= 0.6 is 11.6 Å². The fraction of sp³-hybridized carbons (Fsp3) is 0.500. The number of halogens is 1. The topological polar surface area (TPSA) is 86.8 Å². The Balaban J connectivity index is 1.93. The largest absolute Gasteiger partial charge is 0.352 e. The summed E-state index contributed by atoms with van der Waals surface area (Å²) in [6, 6.07) is 12.0. The highest BCUT2D eigenvalue weighted by atomic mass is 35.5. The van der Waals surface area contributed by atoms with Crippen LogP contribution in [0, 0.1) is 13.8 Å². The van der Waals surface area contributed by atoms with Crippen LogP contribution in [0.15, 0.2) is 42.5 Å². The molecule has 2 amide bonds. The molecule has 1 aliphatic rings. The highest BCUT2D eigenvalue weighted by molar-refractivity contribution is 7.92. The summed E-state index contributed by atoms with van der Waals surface area (Å²) in [6.45, 7) is 5.42. The first-order valence-electron chi connectivity index (χ1n) is 12.9. The Bertz CT molecular complexity index is 1210. The number of sulfonamides is 1. The minimum Gasteiger partial charge on any atom is -0.352 e. The Morgan fingerprint density at radius 1 is 1.08 bits per heavy atom. The first-order valence-corrected chi connectivity index (χ1v) is 15.1. The number of aryl methyl sites for hydroxylation is 2. The maximum absolute atomic E-state index is 13.8. The Labute approximate surface area is 226 Å². The molecule has 202 valence electrons. The lowest BCUT2D eigenvalue weighted by molar-refractivity contribution is -0.140. The van der Waals surface area contributed by atoms with Gasteiger partial charge in [-0.25, -0.2) is 8.42 Å². The number of hydrogen-bond donors (Lipinski definition) is 1. The van der Waals surface area contributed by atoms with Gasteiger partial charge in [0.05, 0.1) is 11.9 Å². The predicted octanol–water partition coefficient (Wildman–Crippen LogP) is 4.98. The second-order valence-electron chi connectivity index (χ2n) is 9.98. The molecule has 0 bridgehead atoms. The van der Waals surface area contributed by atoms with Crippen molar-refractivity contribution in [3.63, 3.8) is 0 Å². The molecule has 3 rings (SSSR count). The standard InChI is InChI=1S/C28H38ClN3O4S/c1-5-26(28(34)30-23-12-7-6-8-13-23)31(18-22-11-9-10-20(2)16-22)27(33)19-32(37(4,35)36)24-15-14-21(3)25(29)17-24/h9-11,14-17,23,26H,5-8,12-13,18-19H2,1-4H3,(H,30,34). The van der Waals surface area contributed by atoms with Crippen LogP contribution < -0.4 is 9.62 Å². The number of anilines is 1. The molecule has 7 nitrogen and oxygen atoms in total. The second-order valence-corrected chi connectivity index (χ2v) is 12.3. The van der Waals surface area contributed by atoms with Gasteiger partial charge in [-0.1, -0.05) is 73.7 Å². The molecule has 1 N–H and O–H groups in total. The molecule has 0 aliphatic heterocycles. The zero-order chi connectivity index (χ0) is 27.2. The van der Waals surface area contributed by atoms with Gasteiger partial charge in [0.15, 0.2) is 0 Å². The second kappa shape index (κ2) is 12.8. The molecule has 1 saturated carbocycles. The van der Waals surface area contributed by atoms with Crippen LogP contribution in [-0.2, 0) is 26.2 Å². The molecule has 1 fully saturated rings. The van der Waals surface area contributed by atoms with E-state index in [1.54, 1.807) is 18.2 Å². The van der Waals surface area contributed by atoms with Crippen LogP contribution in [0.2, 0.25) is 5.02 Å². The summed E-state index contributed by atoms with van der Waals surface area (Å²) in [4.78, 5) is 28.8. The SMILES string of the molecule is CCC(C(=O)NC1CCCCC1)N(Cc1cccc(C)c1)C(=O)CN(c1ccc(C)c(Cl)c1)S(C)(=O)=O. The van der Waals surface area contributed by atoms with Crippen LogP contribution in [0.3, 0.4) is 0 Å². The highest BCUT2D eigenvalue weighted by Gasteiger charge is 2.33. The van der Waals surface area contributed by atoms with Gasteiger partial charge in [-0.15, -0.1) is 0 Å². The maximum atomic E-state index is 13.8. The van der Waals surface area contributed by atoms with Crippen molar-refractivity contribution < 1.29 is 18.0 Å². The lowest BCUT2D eigenvalue weighted by Gasteiger charge is -2.34. The summed E-state index contributed by atoms with van der Waals surface area (Å²) in [6.07, 6.45) is 6.67. The van der Waals surface area contributed by atoms with Gasteiger partial charge in [-0.2, -0.15) is 0 Å². The number of hydrogen-bond acceptors (Lipinski definition) is 4. The number of rotatable bonds is 10. The smallest absolute Gasteiger partial charge is 0.244 e. The van der Waals surface area contributed by atoms with E-state index in [4.69, 9.17) is 11.6 Å². The normalized spacial score (nSPS) is 15.2. The first kappa shape index (κ1) is 29.0. The molecular formula is C28H38ClN3O4S. The molecule has 0 saturated heterocycles. The molecule has 1 aliphatic carbocycles. The third-order valence-corrected chi connectivity index (χ3v) is 8.44. The van der Waals surface area contributed by atoms with Crippen LogP contribution in [0.25, 0.3) is 0 Å². The van der Waals surface area contributed by atoms with Crippen molar-refractivity contribution in [1.82, 2.24) is 10.2 Å². The number of nitrogens with one attached hydrogen (secondary N) is 1. The fourth-order valence-electron chi connectivity index (χ4n) is 4.82. The summed E-state index contributed by atoms with van der Waals surface area (Å²) in [7, 11) is -3.80. The van der Waals surface area contributed by atoms with E-state index in [2.05, 4.69) is 5.32 Å². The lowest BCUT2D eigenvalue weighted by atomic mass is 9.95. The number of amides is 2. The van der Waals surface area contributed by atoms with Gasteiger partial charge in [-0.3, -0.25) is 13.9 Å². The van der Waals surface area contributed by atoms with Gasteiger partial charge >= 0.3 is 0 Å². The number of carbonyl (C=O) groups excluding carboxylic acids is 2. The Morgan fingerprint density at radius 2 is 1.78 bits per heavy atom. The summed E-state index contributed by atoms with van der Waals surface area (Å²) < 4.78 is 26.6. The molecule has 9 heteroatoms. The van der Waals surface area contributed by atoms with Gasteiger partial charge < -0.3 is 10.2 Å². The average molecular weight is 548 g/mol. The summed E-state index contributed by atoms with van der Waals surface area (Å²) in [5.74, 6) is -0.644. The van der Waals surface area contributed by atoms with Crippen LogP contribution in [0.1, 0.15) is 62.1 Å². The summed E-state index contributed by atoms with van der Waals surface area (Å²) in [5, 5.41) is 3.56. The third kappa shape index (κ3) is 7.95. The molecule has 0 radical (unpaired) electrons. The fourth-order valence-corrected chi connectivity index (χ4v) is 5.84. The van der Waals surface area contributed by atoms with Crippen molar-refractivity contribution in [2.45, 2.75) is 77.9 Å². The monoisotopic (exact) mass is 547 g/mol. The van der Waals surface area contributed by atoms with E-state index in [1.165, 1.54) is 11.3 Å². The van der Waals surface area contributed by atoms with Crippen molar-refractivity contribution in [3.05, 3.63) is 64.2 Å². The van der Waals surface area contributed by atoms with Gasteiger partial charge in [0, 0.05) is 17.6 Å². The Morgan fingerprint density at radius 3 is 2.38 bits per heavy atom. The van der Waals surface area contributed by atoms with Gasteiger partial charge in [0.2, 0.25) is 21.8 Å². The summed E-state index contributed by atoms with van der Waals surface area (Å²) >= 11 is 6.27. The zero-order valence-electron chi connectivity index (χ0n) is 22.2. The lowest BCUT2D eigenvalue weighted by Crippen LogP contribution is -2.53. The van der Waals surface area contributed by atoms with E-state index in [0.29, 0.717) is 17.1 Å². The zero-order valence-corrected chi connectivity index (χ0v) is 23.7. The van der Waals surface area contributed by atoms with Crippen molar-refractivity contribution in [1.29, 1.82) is 0 Å². The van der Waals surface area contributed by atoms with Crippen molar-refractivity contribution in [2.24, 2.45) is 0 Å². The van der Waals surface area contributed by atoms with Crippen molar-refractivity contribution >= 4 is 39.1 Å². The minimum absolute atomic E-state index is 0.105.